The van der Waals surface area contributed by atoms with Crippen LogP contribution in [0.5, 0.6) is 0 Å². The van der Waals surface area contributed by atoms with Crippen LogP contribution in [0.15, 0.2) is 11.1 Å². The van der Waals surface area contributed by atoms with Crippen LogP contribution in [0.1, 0.15) is 53.2 Å². The number of aromatic nitrogens is 4. The molecule has 0 aromatic carbocycles. The van der Waals surface area contributed by atoms with Crippen LogP contribution in [0.2, 0.25) is 0 Å². The lowest BCUT2D eigenvalue weighted by atomic mass is 10.1. The number of hydrogen-bond acceptors (Lipinski definition) is 11. The van der Waals surface area contributed by atoms with Crippen molar-refractivity contribution in [2.45, 2.75) is 71.5 Å². The average Bonchev–Trinajstić information content (AvgIpc) is 3.28. The smallest absolute Gasteiger partial charge is 0.303 e. The lowest BCUT2D eigenvalue weighted by molar-refractivity contribution is -0.166. The van der Waals surface area contributed by atoms with E-state index in [0.29, 0.717) is 6.54 Å². The summed E-state index contributed by atoms with van der Waals surface area (Å²) < 4.78 is 23.6. The Morgan fingerprint density at radius 1 is 1.12 bits per heavy atom. The number of anilines is 1. The van der Waals surface area contributed by atoms with Crippen molar-refractivity contribution in [3.05, 3.63) is 16.7 Å². The Morgan fingerprint density at radius 2 is 1.82 bits per heavy atom. The molecule has 1 aliphatic rings. The van der Waals surface area contributed by atoms with Crippen molar-refractivity contribution in [2.75, 3.05) is 18.5 Å². The van der Waals surface area contributed by atoms with Gasteiger partial charge in [-0.3, -0.25) is 23.7 Å². The van der Waals surface area contributed by atoms with E-state index in [0.717, 1.165) is 19.3 Å². The van der Waals surface area contributed by atoms with Crippen molar-refractivity contribution >= 4 is 35.0 Å². The molecule has 3 heterocycles. The molecule has 13 nitrogen and oxygen atoms in total. The highest BCUT2D eigenvalue weighted by molar-refractivity contribution is 5.74. The van der Waals surface area contributed by atoms with E-state index >= 15 is 0 Å². The zero-order valence-electron chi connectivity index (χ0n) is 19.5. The molecule has 186 valence electrons. The molecule has 0 unspecified atom stereocenters. The van der Waals surface area contributed by atoms with Gasteiger partial charge in [-0.1, -0.05) is 19.8 Å². The number of nitrogens with zero attached hydrogens (tertiary/aromatic N) is 3. The molecule has 0 radical (unpaired) electrons. The summed E-state index contributed by atoms with van der Waals surface area (Å²) in [5, 5.41) is 3.18. The van der Waals surface area contributed by atoms with Crippen LogP contribution in [0.4, 0.5) is 5.95 Å². The summed E-state index contributed by atoms with van der Waals surface area (Å²) in [6.07, 6.45) is -0.166. The average molecular weight is 479 g/mol. The molecule has 4 atom stereocenters. The maximum absolute atomic E-state index is 12.4. The maximum atomic E-state index is 12.4. The zero-order valence-corrected chi connectivity index (χ0v) is 19.5. The van der Waals surface area contributed by atoms with Crippen LogP contribution < -0.4 is 10.9 Å². The molecule has 0 aliphatic carbocycles. The Morgan fingerprint density at radius 3 is 2.47 bits per heavy atom. The minimum absolute atomic E-state index is 0.0538. The Balaban J connectivity index is 2.07. The van der Waals surface area contributed by atoms with Crippen LogP contribution in [-0.4, -0.2) is 68.9 Å². The minimum atomic E-state index is -1.13. The SMILES string of the molecule is CCCCCNc1nc2c(=O)[nH]cnc2n1[C@@H]1O[C@H](COC(C)=O)[C@@H](OC(C)=O)[C@H]1OC(C)=O. The van der Waals surface area contributed by atoms with Gasteiger partial charge in [0.15, 0.2) is 29.6 Å². The Labute approximate surface area is 195 Å². The molecule has 2 aromatic heterocycles. The molecule has 13 heteroatoms. The van der Waals surface area contributed by atoms with Crippen molar-refractivity contribution < 1.29 is 33.3 Å². The molecule has 0 spiro atoms. The van der Waals surface area contributed by atoms with E-state index in [4.69, 9.17) is 18.9 Å². The fraction of sp³-hybridized carbons (Fsp3) is 0.619. The van der Waals surface area contributed by atoms with Gasteiger partial charge < -0.3 is 29.2 Å². The number of unbranched alkanes of at least 4 members (excludes halogenated alkanes) is 2. The number of imidazole rings is 1. The normalized spacial score (nSPS) is 21.9. The monoisotopic (exact) mass is 479 g/mol. The summed E-state index contributed by atoms with van der Waals surface area (Å²) in [7, 11) is 0. The van der Waals surface area contributed by atoms with Crippen molar-refractivity contribution in [3.63, 3.8) is 0 Å². The van der Waals surface area contributed by atoms with Crippen molar-refractivity contribution in [1.29, 1.82) is 0 Å². The lowest BCUT2D eigenvalue weighted by Gasteiger charge is -2.24. The van der Waals surface area contributed by atoms with Gasteiger partial charge in [0.1, 0.15) is 12.7 Å². The van der Waals surface area contributed by atoms with Gasteiger partial charge in [-0.2, -0.15) is 0 Å². The summed E-state index contributed by atoms with van der Waals surface area (Å²) in [5.41, 5.74) is -0.230. The van der Waals surface area contributed by atoms with Gasteiger partial charge in [0.05, 0.1) is 6.33 Å². The summed E-state index contributed by atoms with van der Waals surface area (Å²) in [5.74, 6) is -1.57. The number of rotatable bonds is 10. The number of carbonyl (C=O) groups is 3. The van der Waals surface area contributed by atoms with E-state index in [9.17, 15) is 19.2 Å². The third kappa shape index (κ3) is 5.71. The second kappa shape index (κ2) is 11.1. The number of carbonyl (C=O) groups excluding carboxylic acids is 3. The molecule has 2 aromatic rings. The molecule has 0 saturated carbocycles. The summed E-state index contributed by atoms with van der Waals surface area (Å²) in [6.45, 7) is 6.03. The first-order chi connectivity index (χ1) is 16.2. The number of hydrogen-bond donors (Lipinski definition) is 2. The zero-order chi connectivity index (χ0) is 24.8. The van der Waals surface area contributed by atoms with Crippen molar-refractivity contribution in [1.82, 2.24) is 19.5 Å². The van der Waals surface area contributed by atoms with Crippen LogP contribution in [-0.2, 0) is 33.3 Å². The van der Waals surface area contributed by atoms with Gasteiger partial charge in [-0.05, 0) is 6.42 Å². The molecule has 2 N–H and O–H groups in total. The predicted molar refractivity (Wildman–Crippen MR) is 118 cm³/mol. The minimum Gasteiger partial charge on any atom is -0.463 e. The molecular formula is C21H29N5O8. The molecule has 34 heavy (non-hydrogen) atoms. The molecule has 1 fully saturated rings. The van der Waals surface area contributed by atoms with Crippen molar-refractivity contribution in [2.24, 2.45) is 0 Å². The number of fused-ring (bicyclic) bond motifs is 1. The molecular weight excluding hydrogens is 450 g/mol. The number of esters is 3. The van der Waals surface area contributed by atoms with Gasteiger partial charge in [-0.15, -0.1) is 0 Å². The fourth-order valence-electron chi connectivity index (χ4n) is 3.76. The largest absolute Gasteiger partial charge is 0.463 e. The standard InChI is InChI=1S/C21H29N5O8/c1-5-6-7-8-22-21-25-15-18(23-10-24-19(15)30)26(21)20-17(33-13(4)29)16(32-12(3)28)14(34-20)9-31-11(2)27/h10,14,16-17,20H,5-9H2,1-4H3,(H,22,25)(H,23,24,30)/t14-,16-,17-,20-/m1/s1. The topological polar surface area (TPSA) is 164 Å². The summed E-state index contributed by atoms with van der Waals surface area (Å²) in [4.78, 5) is 58.7. The van der Waals surface area contributed by atoms with E-state index in [1.165, 1.54) is 31.7 Å². The van der Waals surface area contributed by atoms with E-state index < -0.39 is 48.0 Å². The summed E-state index contributed by atoms with van der Waals surface area (Å²) in [6, 6.07) is 0. The van der Waals surface area contributed by atoms with E-state index in [1.807, 2.05) is 0 Å². The first-order valence-electron chi connectivity index (χ1n) is 11.1. The molecule has 0 amide bonds. The Hall–Kier alpha value is -3.48. The molecule has 1 saturated heterocycles. The molecule has 1 aliphatic heterocycles. The third-order valence-corrected chi connectivity index (χ3v) is 5.14. The van der Waals surface area contributed by atoms with E-state index in [-0.39, 0.29) is 23.7 Å². The van der Waals surface area contributed by atoms with Crippen molar-refractivity contribution in [3.8, 4) is 0 Å². The highest BCUT2D eigenvalue weighted by Gasteiger charge is 2.51. The molecule has 3 rings (SSSR count). The van der Waals surface area contributed by atoms with Gasteiger partial charge in [0.2, 0.25) is 5.95 Å². The van der Waals surface area contributed by atoms with Gasteiger partial charge in [-0.25, -0.2) is 9.97 Å². The predicted octanol–water partition coefficient (Wildman–Crippen LogP) is 1.05. The fourth-order valence-corrected chi connectivity index (χ4v) is 3.76. The number of H-pyrrole nitrogens is 1. The highest BCUT2D eigenvalue weighted by Crippen LogP contribution is 2.37. The second-order valence-electron chi connectivity index (χ2n) is 7.86. The van der Waals surface area contributed by atoms with Crippen LogP contribution >= 0.6 is 0 Å². The van der Waals surface area contributed by atoms with Crippen LogP contribution in [0.3, 0.4) is 0 Å². The second-order valence-corrected chi connectivity index (χ2v) is 7.86. The first-order valence-corrected chi connectivity index (χ1v) is 11.1. The Bertz CT molecular complexity index is 1100. The lowest BCUT2D eigenvalue weighted by Crippen LogP contribution is -2.40. The number of aromatic amines is 1. The van der Waals surface area contributed by atoms with E-state index in [1.54, 1.807) is 0 Å². The highest BCUT2D eigenvalue weighted by atomic mass is 16.7. The Kier molecular flexibility index (Phi) is 8.21. The van der Waals surface area contributed by atoms with Crippen LogP contribution in [0.25, 0.3) is 11.2 Å². The number of nitrogens with one attached hydrogen (secondary N) is 2. The first kappa shape index (κ1) is 25.1. The van der Waals surface area contributed by atoms with Crippen LogP contribution in [0, 0.1) is 0 Å². The van der Waals surface area contributed by atoms with Gasteiger partial charge >= 0.3 is 17.9 Å². The summed E-state index contributed by atoms with van der Waals surface area (Å²) >= 11 is 0. The van der Waals surface area contributed by atoms with E-state index in [2.05, 4.69) is 27.2 Å². The number of ether oxygens (including phenoxy) is 4. The quantitative estimate of drug-likeness (QED) is 0.284. The third-order valence-electron chi connectivity index (χ3n) is 5.14. The maximum Gasteiger partial charge on any atom is 0.303 e. The van der Waals surface area contributed by atoms with Gasteiger partial charge in [0.25, 0.3) is 5.56 Å². The molecule has 0 bridgehead atoms. The van der Waals surface area contributed by atoms with Gasteiger partial charge in [0, 0.05) is 27.3 Å².